The lowest BCUT2D eigenvalue weighted by molar-refractivity contribution is -0.121. The predicted molar refractivity (Wildman–Crippen MR) is 132 cm³/mol. The van der Waals surface area contributed by atoms with Gasteiger partial charge in [0.1, 0.15) is 0 Å². The number of hydrazone groups is 1. The Balaban J connectivity index is 1.88. The van der Waals surface area contributed by atoms with Gasteiger partial charge in [-0.15, -0.1) is 0 Å². The lowest BCUT2D eigenvalue weighted by Crippen LogP contribution is -2.16. The molecule has 1 N–H and O–H groups in total. The van der Waals surface area contributed by atoms with Gasteiger partial charge in [0.15, 0.2) is 0 Å². The molecule has 1 aromatic carbocycles. The molecule has 3 nitrogen and oxygen atoms in total. The standard InChI is InChI=1S/C25H40Cl2N2O/c1-2-3-4-5-6-7-8-9-10-11-12-13-14-15-16-17-25(30)29-28-21-22-18-19-23(26)24(27)20-22/h18-21H,2-17H2,1H3,(H,29,30)/b28-21-. The summed E-state index contributed by atoms with van der Waals surface area (Å²) in [6, 6.07) is 5.23. The van der Waals surface area contributed by atoms with Gasteiger partial charge < -0.3 is 0 Å². The summed E-state index contributed by atoms with van der Waals surface area (Å²) in [6.45, 7) is 2.27. The van der Waals surface area contributed by atoms with Crippen molar-refractivity contribution in [3.63, 3.8) is 0 Å². The van der Waals surface area contributed by atoms with Gasteiger partial charge in [0.2, 0.25) is 5.91 Å². The quantitative estimate of drug-likeness (QED) is 0.134. The van der Waals surface area contributed by atoms with Crippen molar-refractivity contribution in [2.75, 3.05) is 0 Å². The fraction of sp³-hybridized carbons (Fsp3) is 0.680. The van der Waals surface area contributed by atoms with Gasteiger partial charge in [-0.3, -0.25) is 4.79 Å². The zero-order valence-corrected chi connectivity index (χ0v) is 20.2. The number of amides is 1. The average Bonchev–Trinajstić information content (AvgIpc) is 2.73. The summed E-state index contributed by atoms with van der Waals surface area (Å²) in [6.07, 6.45) is 22.0. The van der Waals surface area contributed by atoms with Crippen molar-refractivity contribution in [3.05, 3.63) is 33.8 Å². The molecule has 0 saturated carbocycles. The second-order valence-electron chi connectivity index (χ2n) is 8.17. The Hall–Kier alpha value is -1.06. The second kappa shape index (κ2) is 18.7. The summed E-state index contributed by atoms with van der Waals surface area (Å²) >= 11 is 11.8. The minimum atomic E-state index is -0.0407. The van der Waals surface area contributed by atoms with E-state index < -0.39 is 0 Å². The molecule has 0 bridgehead atoms. The molecule has 0 spiro atoms. The maximum Gasteiger partial charge on any atom is 0.240 e. The van der Waals surface area contributed by atoms with Gasteiger partial charge in [0, 0.05) is 6.42 Å². The van der Waals surface area contributed by atoms with E-state index in [1.807, 2.05) is 0 Å². The maximum absolute atomic E-state index is 11.8. The van der Waals surface area contributed by atoms with Crippen LogP contribution in [0.5, 0.6) is 0 Å². The monoisotopic (exact) mass is 454 g/mol. The molecule has 0 atom stereocenters. The molecular formula is C25H40Cl2N2O. The first kappa shape index (κ1) is 27.0. The van der Waals surface area contributed by atoms with Crippen molar-refractivity contribution in [2.45, 2.75) is 110 Å². The van der Waals surface area contributed by atoms with Crippen LogP contribution >= 0.6 is 23.2 Å². The van der Waals surface area contributed by atoms with E-state index in [0.29, 0.717) is 16.5 Å². The van der Waals surface area contributed by atoms with Crippen molar-refractivity contribution >= 4 is 35.3 Å². The minimum Gasteiger partial charge on any atom is -0.273 e. The number of nitrogens with one attached hydrogen (secondary N) is 1. The molecule has 1 aromatic rings. The van der Waals surface area contributed by atoms with E-state index in [9.17, 15) is 4.79 Å². The number of nitrogens with zero attached hydrogens (tertiary/aromatic N) is 1. The van der Waals surface area contributed by atoms with Crippen molar-refractivity contribution < 1.29 is 4.79 Å². The number of hydrogen-bond donors (Lipinski definition) is 1. The van der Waals surface area contributed by atoms with Crippen molar-refractivity contribution in [1.29, 1.82) is 0 Å². The summed E-state index contributed by atoms with van der Waals surface area (Å²) in [7, 11) is 0. The first-order chi connectivity index (χ1) is 14.6. The van der Waals surface area contributed by atoms with Crippen LogP contribution in [0.1, 0.15) is 115 Å². The van der Waals surface area contributed by atoms with Gasteiger partial charge >= 0.3 is 0 Å². The lowest BCUT2D eigenvalue weighted by atomic mass is 10.0. The first-order valence-corrected chi connectivity index (χ1v) is 12.7. The third-order valence-corrected chi connectivity index (χ3v) is 6.09. The van der Waals surface area contributed by atoms with Crippen LogP contribution in [0.25, 0.3) is 0 Å². The number of carbonyl (C=O) groups excluding carboxylic acids is 1. The number of hydrogen-bond acceptors (Lipinski definition) is 2. The molecule has 0 aliphatic heterocycles. The van der Waals surface area contributed by atoms with Gasteiger partial charge in [-0.2, -0.15) is 5.10 Å². The molecule has 0 radical (unpaired) electrons. The van der Waals surface area contributed by atoms with E-state index >= 15 is 0 Å². The number of carbonyl (C=O) groups is 1. The Morgan fingerprint density at radius 3 is 1.80 bits per heavy atom. The van der Waals surface area contributed by atoms with Crippen LogP contribution in [0.2, 0.25) is 10.0 Å². The van der Waals surface area contributed by atoms with Crippen LogP contribution in [0, 0.1) is 0 Å². The number of benzene rings is 1. The van der Waals surface area contributed by atoms with E-state index in [2.05, 4.69) is 17.5 Å². The normalized spacial score (nSPS) is 11.3. The highest BCUT2D eigenvalue weighted by Gasteiger charge is 2.01. The van der Waals surface area contributed by atoms with Crippen molar-refractivity contribution in [2.24, 2.45) is 5.10 Å². The molecule has 0 saturated heterocycles. The van der Waals surface area contributed by atoms with E-state index in [1.54, 1.807) is 24.4 Å². The molecular weight excluding hydrogens is 415 g/mol. The van der Waals surface area contributed by atoms with E-state index in [1.165, 1.54) is 83.5 Å². The number of unbranched alkanes of at least 4 members (excludes halogenated alkanes) is 14. The van der Waals surface area contributed by atoms with Crippen LogP contribution in [-0.2, 0) is 4.79 Å². The van der Waals surface area contributed by atoms with E-state index in [4.69, 9.17) is 23.2 Å². The smallest absolute Gasteiger partial charge is 0.240 e. The molecule has 1 amide bonds. The Labute approximate surface area is 194 Å². The third kappa shape index (κ3) is 14.8. The Morgan fingerprint density at radius 2 is 1.30 bits per heavy atom. The van der Waals surface area contributed by atoms with Crippen LogP contribution in [0.3, 0.4) is 0 Å². The average molecular weight is 456 g/mol. The molecule has 0 fully saturated rings. The molecule has 170 valence electrons. The Kier molecular flexibility index (Phi) is 16.8. The van der Waals surface area contributed by atoms with Gasteiger partial charge in [0.05, 0.1) is 16.3 Å². The van der Waals surface area contributed by atoms with Gasteiger partial charge in [-0.1, -0.05) is 126 Å². The fourth-order valence-electron chi connectivity index (χ4n) is 3.48. The van der Waals surface area contributed by atoms with Crippen LogP contribution in [-0.4, -0.2) is 12.1 Å². The largest absolute Gasteiger partial charge is 0.273 e. The topological polar surface area (TPSA) is 41.5 Å². The van der Waals surface area contributed by atoms with Crippen LogP contribution in [0.4, 0.5) is 0 Å². The molecule has 1 rings (SSSR count). The molecule has 0 aliphatic carbocycles. The zero-order chi connectivity index (χ0) is 21.9. The highest BCUT2D eigenvalue weighted by Crippen LogP contribution is 2.21. The Morgan fingerprint density at radius 1 is 0.800 bits per heavy atom. The van der Waals surface area contributed by atoms with Crippen molar-refractivity contribution in [3.8, 4) is 0 Å². The molecule has 0 heterocycles. The molecule has 5 heteroatoms. The van der Waals surface area contributed by atoms with Crippen LogP contribution < -0.4 is 5.43 Å². The summed E-state index contributed by atoms with van der Waals surface area (Å²) in [5.41, 5.74) is 3.37. The third-order valence-electron chi connectivity index (χ3n) is 5.35. The summed E-state index contributed by atoms with van der Waals surface area (Å²) in [5, 5.41) is 4.96. The fourth-order valence-corrected chi connectivity index (χ4v) is 3.79. The Bertz CT molecular complexity index is 605. The second-order valence-corrected chi connectivity index (χ2v) is 8.98. The van der Waals surface area contributed by atoms with Crippen molar-refractivity contribution in [1.82, 2.24) is 5.43 Å². The minimum absolute atomic E-state index is 0.0407. The maximum atomic E-state index is 11.8. The van der Waals surface area contributed by atoms with Gasteiger partial charge in [-0.05, 0) is 24.1 Å². The number of halogens is 2. The van der Waals surface area contributed by atoms with Gasteiger partial charge in [-0.25, -0.2) is 5.43 Å². The summed E-state index contributed by atoms with van der Waals surface area (Å²) in [5.74, 6) is -0.0407. The first-order valence-electron chi connectivity index (χ1n) is 11.9. The van der Waals surface area contributed by atoms with Gasteiger partial charge in [0.25, 0.3) is 0 Å². The van der Waals surface area contributed by atoms with E-state index in [-0.39, 0.29) is 5.91 Å². The zero-order valence-electron chi connectivity index (χ0n) is 18.7. The molecule has 30 heavy (non-hydrogen) atoms. The number of rotatable bonds is 18. The van der Waals surface area contributed by atoms with Crippen LogP contribution in [0.15, 0.2) is 23.3 Å². The summed E-state index contributed by atoms with van der Waals surface area (Å²) < 4.78 is 0. The lowest BCUT2D eigenvalue weighted by Gasteiger charge is -2.03. The SMILES string of the molecule is CCCCCCCCCCCCCCCCCC(=O)N/N=C\c1ccc(Cl)c(Cl)c1. The highest BCUT2D eigenvalue weighted by molar-refractivity contribution is 6.42. The summed E-state index contributed by atoms with van der Waals surface area (Å²) in [4.78, 5) is 11.8. The van der Waals surface area contributed by atoms with E-state index in [0.717, 1.165) is 18.4 Å². The molecule has 0 unspecified atom stereocenters. The predicted octanol–water partition coefficient (Wildman–Crippen LogP) is 8.71. The molecule has 0 aliphatic rings. The molecule has 0 aromatic heterocycles. The highest BCUT2D eigenvalue weighted by atomic mass is 35.5.